The molecule has 216 valence electrons. The summed E-state index contributed by atoms with van der Waals surface area (Å²) in [6.07, 6.45) is -10.8. The number of nitrogens with zero attached hydrogens (tertiary/aromatic N) is 4. The molecular weight excluding hydrogens is 578 g/mol. The fourth-order valence-electron chi connectivity index (χ4n) is 3.88. The first kappa shape index (κ1) is 29.7. The van der Waals surface area contributed by atoms with Crippen molar-refractivity contribution in [3.05, 3.63) is 102 Å². The zero-order valence-electron chi connectivity index (χ0n) is 20.9. The van der Waals surface area contributed by atoms with Crippen LogP contribution in [-0.4, -0.2) is 46.7 Å². The van der Waals surface area contributed by atoms with E-state index < -0.39 is 33.5 Å². The molecule has 0 amide bonds. The minimum Gasteiger partial charge on any atom is -0.369 e. The fourth-order valence-corrected chi connectivity index (χ4v) is 5.34. The van der Waals surface area contributed by atoms with Crippen molar-refractivity contribution in [2.24, 2.45) is 0 Å². The van der Waals surface area contributed by atoms with Crippen molar-refractivity contribution in [1.29, 1.82) is 0 Å². The number of hydrogen-bond acceptors (Lipinski definition) is 6. The summed E-state index contributed by atoms with van der Waals surface area (Å²) in [7, 11) is -4.16. The standard InChI is InChI=1S/C26H20F6N4O4S/c1-17(37)18-7-11-22(12-8-18)36(41(39,40)23-5-3-2-4-6-23)16-20-15-35(34-33-20)21-13-9-19(10-14-21)24(38,25(27,28)29)26(30,31)32/h2-15,38H,16H2,1H3. The van der Waals surface area contributed by atoms with Gasteiger partial charge in [-0.2, -0.15) is 26.3 Å². The first-order valence-electron chi connectivity index (χ1n) is 11.6. The first-order valence-corrected chi connectivity index (χ1v) is 13.1. The Balaban J connectivity index is 1.67. The van der Waals surface area contributed by atoms with Gasteiger partial charge in [0.2, 0.25) is 0 Å². The molecule has 0 radical (unpaired) electrons. The van der Waals surface area contributed by atoms with Crippen molar-refractivity contribution in [2.45, 2.75) is 36.3 Å². The average Bonchev–Trinajstić information content (AvgIpc) is 3.39. The Morgan fingerprint density at radius 3 is 1.95 bits per heavy atom. The molecule has 1 N–H and O–H groups in total. The highest BCUT2D eigenvalue weighted by atomic mass is 32.2. The van der Waals surface area contributed by atoms with Crippen LogP contribution < -0.4 is 4.31 Å². The molecule has 0 saturated carbocycles. The van der Waals surface area contributed by atoms with Crippen molar-refractivity contribution < 1.29 is 44.7 Å². The van der Waals surface area contributed by atoms with Gasteiger partial charge in [0.25, 0.3) is 15.6 Å². The van der Waals surface area contributed by atoms with Crippen LogP contribution >= 0.6 is 0 Å². The third kappa shape index (κ3) is 5.67. The Kier molecular flexibility index (Phi) is 7.71. The zero-order valence-corrected chi connectivity index (χ0v) is 21.7. The van der Waals surface area contributed by atoms with Crippen molar-refractivity contribution in [1.82, 2.24) is 15.0 Å². The number of ketones is 1. The van der Waals surface area contributed by atoms with Gasteiger partial charge in [-0.15, -0.1) is 5.10 Å². The number of carbonyl (C=O) groups is 1. The summed E-state index contributed by atoms with van der Waals surface area (Å²) in [6, 6.07) is 15.9. The molecular formula is C26H20F6N4O4S. The number of aromatic nitrogens is 3. The average molecular weight is 599 g/mol. The lowest BCUT2D eigenvalue weighted by Gasteiger charge is -2.32. The highest BCUT2D eigenvalue weighted by molar-refractivity contribution is 7.92. The normalized spacial score (nSPS) is 12.8. The summed E-state index contributed by atoms with van der Waals surface area (Å²) in [5.74, 6) is -0.230. The molecule has 0 bridgehead atoms. The maximum absolute atomic E-state index is 13.5. The van der Waals surface area contributed by atoms with E-state index in [9.17, 15) is 44.7 Å². The van der Waals surface area contributed by atoms with Gasteiger partial charge in [-0.3, -0.25) is 9.10 Å². The molecule has 1 heterocycles. The molecule has 0 spiro atoms. The number of carbonyl (C=O) groups excluding carboxylic acids is 1. The van der Waals surface area contributed by atoms with Gasteiger partial charge in [0.1, 0.15) is 5.69 Å². The molecule has 0 aliphatic rings. The number of Topliss-reactive ketones (excluding diaryl/α,β-unsaturated/α-hetero) is 1. The van der Waals surface area contributed by atoms with E-state index in [2.05, 4.69) is 10.3 Å². The molecule has 4 aromatic rings. The molecule has 1 aromatic heterocycles. The monoisotopic (exact) mass is 598 g/mol. The number of aliphatic hydroxyl groups is 1. The highest BCUT2D eigenvalue weighted by Gasteiger charge is 2.71. The molecule has 0 aliphatic heterocycles. The van der Waals surface area contributed by atoms with Gasteiger partial charge in [0, 0.05) is 11.1 Å². The Bertz CT molecular complexity index is 1620. The second kappa shape index (κ2) is 10.6. The van der Waals surface area contributed by atoms with Crippen LogP contribution in [-0.2, 0) is 22.2 Å². The predicted molar refractivity (Wildman–Crippen MR) is 134 cm³/mol. The minimum atomic E-state index is -6.04. The first-order chi connectivity index (χ1) is 19.1. The molecule has 41 heavy (non-hydrogen) atoms. The molecule has 3 aromatic carbocycles. The van der Waals surface area contributed by atoms with Crippen LogP contribution in [0.5, 0.6) is 0 Å². The van der Waals surface area contributed by atoms with Gasteiger partial charge in [-0.25, -0.2) is 13.1 Å². The van der Waals surface area contributed by atoms with Gasteiger partial charge in [-0.1, -0.05) is 35.5 Å². The Morgan fingerprint density at radius 2 is 1.44 bits per heavy atom. The number of rotatable bonds is 8. The second-order valence-electron chi connectivity index (χ2n) is 8.84. The minimum absolute atomic E-state index is 0.0116. The van der Waals surface area contributed by atoms with E-state index in [1.165, 1.54) is 61.7 Å². The number of halogens is 6. The second-order valence-corrected chi connectivity index (χ2v) is 10.7. The van der Waals surface area contributed by atoms with Crippen LogP contribution in [0.15, 0.2) is 90.0 Å². The van der Waals surface area contributed by atoms with Crippen LogP contribution in [0.2, 0.25) is 0 Å². The van der Waals surface area contributed by atoms with E-state index in [-0.39, 0.29) is 34.3 Å². The van der Waals surface area contributed by atoms with Crippen molar-refractivity contribution >= 4 is 21.5 Å². The summed E-state index contributed by atoms with van der Waals surface area (Å²) in [4.78, 5) is 11.6. The van der Waals surface area contributed by atoms with Crippen molar-refractivity contribution in [3.63, 3.8) is 0 Å². The third-order valence-electron chi connectivity index (χ3n) is 6.11. The lowest BCUT2D eigenvalue weighted by molar-refractivity contribution is -0.376. The lowest BCUT2D eigenvalue weighted by atomic mass is 9.92. The van der Waals surface area contributed by atoms with E-state index >= 15 is 0 Å². The van der Waals surface area contributed by atoms with Crippen LogP contribution in [0.1, 0.15) is 28.5 Å². The Labute approximate surface area is 229 Å². The van der Waals surface area contributed by atoms with Gasteiger partial charge in [-0.05, 0) is 55.5 Å². The topological polar surface area (TPSA) is 105 Å². The molecule has 0 atom stereocenters. The largest absolute Gasteiger partial charge is 0.430 e. The lowest BCUT2D eigenvalue weighted by Crippen LogP contribution is -2.53. The molecule has 4 rings (SSSR count). The van der Waals surface area contributed by atoms with Crippen molar-refractivity contribution in [3.8, 4) is 5.69 Å². The van der Waals surface area contributed by atoms with Gasteiger partial charge in [0.05, 0.1) is 29.0 Å². The molecule has 0 aliphatic carbocycles. The van der Waals surface area contributed by atoms with E-state index in [4.69, 9.17) is 0 Å². The highest BCUT2D eigenvalue weighted by Crippen LogP contribution is 2.50. The number of alkyl halides is 6. The smallest absolute Gasteiger partial charge is 0.369 e. The Morgan fingerprint density at radius 1 is 0.878 bits per heavy atom. The summed E-state index contributed by atoms with van der Waals surface area (Å²) in [5.41, 5.74) is -5.93. The van der Waals surface area contributed by atoms with E-state index in [1.807, 2.05) is 0 Å². The molecule has 8 nitrogen and oxygen atoms in total. The molecule has 0 unspecified atom stereocenters. The Hall–Kier alpha value is -4.24. The SMILES string of the molecule is CC(=O)c1ccc(N(Cc2cn(-c3ccc(C(O)(C(F)(F)F)C(F)(F)F)cc3)nn2)S(=O)(=O)c2ccccc2)cc1. The number of sulfonamides is 1. The maximum atomic E-state index is 13.5. The summed E-state index contributed by atoms with van der Waals surface area (Å²) in [6.45, 7) is 0.988. The fraction of sp³-hybridized carbons (Fsp3) is 0.192. The van der Waals surface area contributed by atoms with E-state index in [0.29, 0.717) is 17.7 Å². The maximum Gasteiger partial charge on any atom is 0.430 e. The number of anilines is 1. The zero-order chi connectivity index (χ0) is 30.2. The predicted octanol–water partition coefficient (Wildman–Crippen LogP) is 5.18. The summed E-state index contributed by atoms with van der Waals surface area (Å²) >= 11 is 0. The van der Waals surface area contributed by atoms with Crippen LogP contribution in [0.4, 0.5) is 32.0 Å². The molecule has 0 fully saturated rings. The summed E-state index contributed by atoms with van der Waals surface area (Å²) in [5, 5.41) is 17.3. The number of benzene rings is 3. The van der Waals surface area contributed by atoms with Crippen molar-refractivity contribution in [2.75, 3.05) is 4.31 Å². The van der Waals surface area contributed by atoms with Gasteiger partial charge in [0.15, 0.2) is 5.78 Å². The van der Waals surface area contributed by atoms with Gasteiger partial charge >= 0.3 is 12.4 Å². The van der Waals surface area contributed by atoms with Crippen LogP contribution in [0.3, 0.4) is 0 Å². The summed E-state index contributed by atoms with van der Waals surface area (Å²) < 4.78 is 108. The van der Waals surface area contributed by atoms with E-state index in [0.717, 1.165) is 21.1 Å². The third-order valence-corrected chi connectivity index (χ3v) is 7.90. The van der Waals surface area contributed by atoms with Gasteiger partial charge < -0.3 is 5.11 Å². The molecule has 15 heteroatoms. The molecule has 0 saturated heterocycles. The quantitative estimate of drug-likeness (QED) is 0.222. The van der Waals surface area contributed by atoms with E-state index in [1.54, 1.807) is 6.07 Å². The van der Waals surface area contributed by atoms with Crippen LogP contribution in [0.25, 0.3) is 5.69 Å². The number of hydrogen-bond donors (Lipinski definition) is 1. The van der Waals surface area contributed by atoms with Crippen LogP contribution in [0, 0.1) is 0 Å².